The Balaban J connectivity index is 1.77. The zero-order valence-electron chi connectivity index (χ0n) is 12.1. The summed E-state index contributed by atoms with van der Waals surface area (Å²) in [6.07, 6.45) is -3.61. The fraction of sp³-hybridized carbons (Fsp3) is 0.250. The van der Waals surface area contributed by atoms with Gasteiger partial charge in [-0.15, -0.1) is 0 Å². The average molecular weight is 363 g/mol. The van der Waals surface area contributed by atoms with Crippen molar-refractivity contribution in [2.24, 2.45) is 0 Å². The molecule has 2 rings (SSSR count). The smallest absolute Gasteiger partial charge is 0.385 e. The first kappa shape index (κ1) is 17.8. The molecule has 0 unspecified atom stereocenters. The molecular weight excluding hydrogens is 348 g/mol. The molecule has 23 heavy (non-hydrogen) atoms. The Morgan fingerprint density at radius 3 is 2.04 bits per heavy atom. The van der Waals surface area contributed by atoms with Crippen LogP contribution in [0.1, 0.15) is 12.0 Å². The lowest BCUT2D eigenvalue weighted by Gasteiger charge is -2.11. The van der Waals surface area contributed by atoms with Gasteiger partial charge < -0.3 is 10.6 Å². The van der Waals surface area contributed by atoms with Crippen molar-refractivity contribution in [1.82, 2.24) is 0 Å². The summed E-state index contributed by atoms with van der Waals surface area (Å²) in [7, 11) is 0. The van der Waals surface area contributed by atoms with Crippen molar-refractivity contribution in [3.8, 4) is 0 Å². The van der Waals surface area contributed by atoms with Crippen molar-refractivity contribution in [3.05, 3.63) is 58.1 Å². The van der Waals surface area contributed by atoms with Gasteiger partial charge in [-0.3, -0.25) is 0 Å². The Bertz CT molecular complexity index is 640. The van der Waals surface area contributed by atoms with Crippen LogP contribution in [0, 0.1) is 0 Å². The van der Waals surface area contributed by atoms with Crippen LogP contribution in [-0.2, 0) is 6.18 Å². The molecule has 0 amide bonds. The van der Waals surface area contributed by atoms with Gasteiger partial charge in [-0.2, -0.15) is 13.2 Å². The molecule has 0 aromatic heterocycles. The molecule has 0 heterocycles. The summed E-state index contributed by atoms with van der Waals surface area (Å²) in [5.74, 6) is 0. The highest BCUT2D eigenvalue weighted by atomic mass is 35.5. The van der Waals surface area contributed by atoms with Crippen LogP contribution in [0.5, 0.6) is 0 Å². The minimum atomic E-state index is -4.33. The molecule has 0 aliphatic carbocycles. The normalized spacial score (nSPS) is 11.3. The summed E-state index contributed by atoms with van der Waals surface area (Å²) < 4.78 is 37.8. The summed E-state index contributed by atoms with van der Waals surface area (Å²) in [5.41, 5.74) is 0.599. The third kappa shape index (κ3) is 5.84. The number of alkyl halides is 3. The van der Waals surface area contributed by atoms with Crippen LogP contribution in [0.2, 0.25) is 10.0 Å². The van der Waals surface area contributed by atoms with E-state index in [1.165, 1.54) is 6.07 Å². The zero-order valence-corrected chi connectivity index (χ0v) is 13.6. The highest BCUT2D eigenvalue weighted by Crippen LogP contribution is 2.30. The van der Waals surface area contributed by atoms with E-state index in [2.05, 4.69) is 10.6 Å². The number of hydrogen-bond acceptors (Lipinski definition) is 2. The van der Waals surface area contributed by atoms with E-state index in [-0.39, 0.29) is 0 Å². The quantitative estimate of drug-likeness (QED) is 0.622. The SMILES string of the molecule is FC(F)(F)c1cccc(NCCCNc2cc(Cl)cc(Cl)c2)c1. The molecule has 0 spiro atoms. The maximum absolute atomic E-state index is 12.6. The second-order valence-electron chi connectivity index (χ2n) is 4.94. The molecule has 0 radical (unpaired) electrons. The van der Waals surface area contributed by atoms with Crippen LogP contribution in [0.3, 0.4) is 0 Å². The first-order chi connectivity index (χ1) is 10.8. The van der Waals surface area contributed by atoms with E-state index in [1.54, 1.807) is 24.3 Å². The first-order valence-corrected chi connectivity index (χ1v) is 7.71. The minimum Gasteiger partial charge on any atom is -0.385 e. The number of halogens is 5. The van der Waals surface area contributed by atoms with Gasteiger partial charge in [-0.25, -0.2) is 0 Å². The predicted molar refractivity (Wildman–Crippen MR) is 89.5 cm³/mol. The van der Waals surface area contributed by atoms with Crippen molar-refractivity contribution >= 4 is 34.6 Å². The predicted octanol–water partition coefficient (Wildman–Crippen LogP) is 5.93. The van der Waals surface area contributed by atoms with Crippen molar-refractivity contribution in [3.63, 3.8) is 0 Å². The summed E-state index contributed by atoms with van der Waals surface area (Å²) in [5, 5.41) is 7.22. The van der Waals surface area contributed by atoms with Crippen molar-refractivity contribution < 1.29 is 13.2 Å². The second kappa shape index (κ2) is 7.79. The maximum Gasteiger partial charge on any atom is 0.416 e. The Kier molecular flexibility index (Phi) is 6.02. The Labute approximate surface area is 142 Å². The van der Waals surface area contributed by atoms with Gasteiger partial charge in [0.1, 0.15) is 0 Å². The fourth-order valence-electron chi connectivity index (χ4n) is 2.02. The van der Waals surface area contributed by atoms with Gasteiger partial charge in [0.05, 0.1) is 5.56 Å². The van der Waals surface area contributed by atoms with E-state index in [9.17, 15) is 13.2 Å². The summed E-state index contributed by atoms with van der Waals surface area (Å²) in [4.78, 5) is 0. The number of anilines is 2. The van der Waals surface area contributed by atoms with E-state index < -0.39 is 11.7 Å². The lowest BCUT2D eigenvalue weighted by Crippen LogP contribution is -2.10. The van der Waals surface area contributed by atoms with Gasteiger partial charge in [-0.05, 0) is 42.8 Å². The molecule has 0 saturated heterocycles. The minimum absolute atomic E-state index is 0.450. The van der Waals surface area contributed by atoms with E-state index in [1.807, 2.05) is 0 Å². The van der Waals surface area contributed by atoms with Crippen molar-refractivity contribution in [1.29, 1.82) is 0 Å². The van der Waals surface area contributed by atoms with Gasteiger partial charge in [0.2, 0.25) is 0 Å². The molecule has 0 bridgehead atoms. The summed E-state index contributed by atoms with van der Waals surface area (Å²) in [6, 6.07) is 10.3. The van der Waals surface area contributed by atoms with Gasteiger partial charge in [0.15, 0.2) is 0 Å². The lowest BCUT2D eigenvalue weighted by molar-refractivity contribution is -0.137. The van der Waals surface area contributed by atoms with E-state index in [0.29, 0.717) is 28.8 Å². The molecule has 2 aromatic rings. The van der Waals surface area contributed by atoms with Crippen molar-refractivity contribution in [2.75, 3.05) is 23.7 Å². The molecule has 0 saturated carbocycles. The van der Waals surface area contributed by atoms with E-state index in [0.717, 1.165) is 24.2 Å². The van der Waals surface area contributed by atoms with Crippen LogP contribution < -0.4 is 10.6 Å². The van der Waals surface area contributed by atoms with Gasteiger partial charge in [0, 0.05) is 34.5 Å². The number of hydrogen-bond donors (Lipinski definition) is 2. The third-order valence-corrected chi connectivity index (χ3v) is 3.50. The second-order valence-corrected chi connectivity index (χ2v) is 5.82. The van der Waals surface area contributed by atoms with Gasteiger partial charge in [-0.1, -0.05) is 29.3 Å². The fourth-order valence-corrected chi connectivity index (χ4v) is 2.54. The van der Waals surface area contributed by atoms with Gasteiger partial charge >= 0.3 is 6.18 Å². The first-order valence-electron chi connectivity index (χ1n) is 6.96. The van der Waals surface area contributed by atoms with Crippen LogP contribution in [0.4, 0.5) is 24.5 Å². The third-order valence-electron chi connectivity index (χ3n) is 3.06. The number of benzene rings is 2. The molecule has 0 aliphatic rings. The molecule has 2 N–H and O–H groups in total. The Morgan fingerprint density at radius 2 is 1.43 bits per heavy atom. The molecular formula is C16H15Cl2F3N2. The maximum atomic E-state index is 12.6. The molecule has 2 nitrogen and oxygen atoms in total. The molecule has 2 aromatic carbocycles. The topological polar surface area (TPSA) is 24.1 Å². The largest absolute Gasteiger partial charge is 0.416 e. The zero-order chi connectivity index (χ0) is 16.9. The monoisotopic (exact) mass is 362 g/mol. The summed E-state index contributed by atoms with van der Waals surface area (Å²) >= 11 is 11.8. The highest BCUT2D eigenvalue weighted by molar-refractivity contribution is 6.35. The van der Waals surface area contributed by atoms with E-state index in [4.69, 9.17) is 23.2 Å². The van der Waals surface area contributed by atoms with Crippen molar-refractivity contribution in [2.45, 2.75) is 12.6 Å². The molecule has 0 aliphatic heterocycles. The number of nitrogens with one attached hydrogen (secondary N) is 2. The lowest BCUT2D eigenvalue weighted by atomic mass is 10.2. The van der Waals surface area contributed by atoms with E-state index >= 15 is 0 Å². The standard InChI is InChI=1S/C16H15Cl2F3N2/c17-12-8-13(18)10-15(9-12)23-6-2-5-22-14-4-1-3-11(7-14)16(19,20)21/h1,3-4,7-10,22-23H,2,5-6H2. The van der Waals surface area contributed by atoms with Crippen LogP contribution in [0.15, 0.2) is 42.5 Å². The number of rotatable bonds is 6. The molecule has 124 valence electrons. The Morgan fingerprint density at radius 1 is 0.826 bits per heavy atom. The van der Waals surface area contributed by atoms with Gasteiger partial charge in [0.25, 0.3) is 0 Å². The van der Waals surface area contributed by atoms with Crippen LogP contribution in [-0.4, -0.2) is 13.1 Å². The molecule has 0 atom stereocenters. The van der Waals surface area contributed by atoms with Crippen LogP contribution >= 0.6 is 23.2 Å². The average Bonchev–Trinajstić information content (AvgIpc) is 2.45. The van der Waals surface area contributed by atoms with Crippen LogP contribution in [0.25, 0.3) is 0 Å². The molecule has 7 heteroatoms. The summed E-state index contributed by atoms with van der Waals surface area (Å²) in [6.45, 7) is 1.19. The highest BCUT2D eigenvalue weighted by Gasteiger charge is 2.30. The molecule has 0 fully saturated rings. The Hall–Kier alpha value is -1.59.